The molecule has 2 aromatic carbocycles. The Morgan fingerprint density at radius 2 is 1.61 bits per heavy atom. The third kappa shape index (κ3) is 4.81. The van der Waals surface area contributed by atoms with Crippen LogP contribution in [0.4, 0.5) is 0 Å². The molecule has 2 amide bonds. The lowest BCUT2D eigenvalue weighted by molar-refractivity contribution is -0.146. The largest absolute Gasteiger partial charge is 0.378 e. The number of amides is 2. The predicted octanol–water partition coefficient (Wildman–Crippen LogP) is 2.62. The number of hydrogen-bond acceptors (Lipinski definition) is 4. The second-order valence-electron chi connectivity index (χ2n) is 8.42. The Balaban J connectivity index is 1.56. The number of likely N-dealkylation sites (tertiary alicyclic amines) is 1. The molecule has 2 aromatic rings. The average Bonchev–Trinajstić information content (AvgIpc) is 3.26. The Kier molecular flexibility index (Phi) is 6.68. The molecule has 164 valence electrons. The van der Waals surface area contributed by atoms with Crippen LogP contribution in [0.15, 0.2) is 54.6 Å². The predicted molar refractivity (Wildman–Crippen MR) is 118 cm³/mol. The van der Waals surface area contributed by atoms with E-state index in [1.807, 2.05) is 23.1 Å². The number of rotatable bonds is 6. The van der Waals surface area contributed by atoms with Crippen molar-refractivity contribution in [2.75, 3.05) is 53.1 Å². The standard InChI is InChI=1S/C25H30N2O4/c1-30-18-23(28)27-12-11-25(19-27,24(29)26-13-15-31-16-14-26)17-20-7-9-22(10-8-20)21-5-3-2-4-6-21/h2-10H,11-19H2,1H3/t25-/m0/s1. The molecule has 0 radical (unpaired) electrons. The van der Waals surface area contributed by atoms with Crippen LogP contribution in [0, 0.1) is 5.41 Å². The van der Waals surface area contributed by atoms with Crippen LogP contribution in [0.2, 0.25) is 0 Å². The SMILES string of the molecule is COCC(=O)N1CC[C@@](Cc2ccc(-c3ccccc3)cc2)(C(=O)N2CCOCC2)C1. The summed E-state index contributed by atoms with van der Waals surface area (Å²) >= 11 is 0. The van der Waals surface area contributed by atoms with Gasteiger partial charge in [0.15, 0.2) is 0 Å². The van der Waals surface area contributed by atoms with Crippen molar-refractivity contribution in [3.8, 4) is 11.1 Å². The van der Waals surface area contributed by atoms with Crippen molar-refractivity contribution in [1.82, 2.24) is 9.80 Å². The van der Waals surface area contributed by atoms with Crippen molar-refractivity contribution < 1.29 is 19.1 Å². The summed E-state index contributed by atoms with van der Waals surface area (Å²) in [6.45, 7) is 3.43. The topological polar surface area (TPSA) is 59.1 Å². The summed E-state index contributed by atoms with van der Waals surface area (Å²) in [4.78, 5) is 29.8. The lowest BCUT2D eigenvalue weighted by Crippen LogP contribution is -2.51. The normalized spacial score (nSPS) is 21.3. The van der Waals surface area contributed by atoms with Crippen molar-refractivity contribution in [2.45, 2.75) is 12.8 Å². The summed E-state index contributed by atoms with van der Waals surface area (Å²) in [6, 6.07) is 18.7. The van der Waals surface area contributed by atoms with E-state index in [4.69, 9.17) is 9.47 Å². The first-order chi connectivity index (χ1) is 15.1. The molecule has 4 rings (SSSR count). The average molecular weight is 423 g/mol. The number of hydrogen-bond donors (Lipinski definition) is 0. The van der Waals surface area contributed by atoms with E-state index in [2.05, 4.69) is 36.4 Å². The quantitative estimate of drug-likeness (QED) is 0.718. The van der Waals surface area contributed by atoms with Gasteiger partial charge in [-0.1, -0.05) is 54.6 Å². The molecular formula is C25H30N2O4. The second-order valence-corrected chi connectivity index (χ2v) is 8.42. The first-order valence-corrected chi connectivity index (χ1v) is 10.9. The van der Waals surface area contributed by atoms with Crippen LogP contribution >= 0.6 is 0 Å². The summed E-state index contributed by atoms with van der Waals surface area (Å²) in [5.74, 6) is 0.0780. The molecule has 0 N–H and O–H groups in total. The van der Waals surface area contributed by atoms with Crippen molar-refractivity contribution in [3.63, 3.8) is 0 Å². The molecule has 0 saturated carbocycles. The zero-order valence-corrected chi connectivity index (χ0v) is 18.1. The van der Waals surface area contributed by atoms with E-state index in [1.54, 1.807) is 4.90 Å². The molecule has 0 aliphatic carbocycles. The van der Waals surface area contributed by atoms with Gasteiger partial charge >= 0.3 is 0 Å². The van der Waals surface area contributed by atoms with E-state index in [-0.39, 0.29) is 18.4 Å². The molecule has 31 heavy (non-hydrogen) atoms. The molecule has 2 saturated heterocycles. The Morgan fingerprint density at radius 1 is 0.935 bits per heavy atom. The summed E-state index contributed by atoms with van der Waals surface area (Å²) in [6.07, 6.45) is 1.29. The van der Waals surface area contributed by atoms with Crippen molar-refractivity contribution in [3.05, 3.63) is 60.2 Å². The van der Waals surface area contributed by atoms with Gasteiger partial charge in [-0.2, -0.15) is 0 Å². The Morgan fingerprint density at radius 3 is 2.29 bits per heavy atom. The number of morpholine rings is 1. The highest BCUT2D eigenvalue weighted by atomic mass is 16.5. The molecule has 0 bridgehead atoms. The van der Waals surface area contributed by atoms with Crippen LogP contribution in [0.3, 0.4) is 0 Å². The molecule has 6 heteroatoms. The molecule has 2 aliphatic heterocycles. The molecule has 1 atom stereocenters. The smallest absolute Gasteiger partial charge is 0.248 e. The highest BCUT2D eigenvalue weighted by Crippen LogP contribution is 2.37. The van der Waals surface area contributed by atoms with Gasteiger partial charge < -0.3 is 19.3 Å². The van der Waals surface area contributed by atoms with Crippen LogP contribution in [-0.2, 0) is 25.5 Å². The minimum Gasteiger partial charge on any atom is -0.378 e. The minimum atomic E-state index is -0.602. The van der Waals surface area contributed by atoms with Crippen LogP contribution in [-0.4, -0.2) is 74.7 Å². The molecule has 0 aromatic heterocycles. The fourth-order valence-corrected chi connectivity index (χ4v) is 4.63. The van der Waals surface area contributed by atoms with Crippen LogP contribution in [0.1, 0.15) is 12.0 Å². The maximum absolute atomic E-state index is 13.6. The Hall–Kier alpha value is -2.70. The van der Waals surface area contributed by atoms with Crippen LogP contribution < -0.4 is 0 Å². The zero-order valence-electron chi connectivity index (χ0n) is 18.1. The molecule has 2 heterocycles. The number of nitrogens with zero attached hydrogens (tertiary/aromatic N) is 2. The molecule has 6 nitrogen and oxygen atoms in total. The first-order valence-electron chi connectivity index (χ1n) is 10.9. The van der Waals surface area contributed by atoms with Gasteiger partial charge in [0.2, 0.25) is 11.8 Å². The lowest BCUT2D eigenvalue weighted by Gasteiger charge is -2.36. The third-order valence-electron chi connectivity index (χ3n) is 6.33. The number of carbonyl (C=O) groups is 2. The molecule has 0 spiro atoms. The maximum atomic E-state index is 13.6. The molecule has 2 fully saturated rings. The van der Waals surface area contributed by atoms with E-state index in [0.29, 0.717) is 52.2 Å². The number of methoxy groups -OCH3 is 1. The first kappa shape index (κ1) is 21.5. The van der Waals surface area contributed by atoms with E-state index in [1.165, 1.54) is 12.7 Å². The van der Waals surface area contributed by atoms with E-state index < -0.39 is 5.41 Å². The van der Waals surface area contributed by atoms with Crippen molar-refractivity contribution in [2.24, 2.45) is 5.41 Å². The highest BCUT2D eigenvalue weighted by Gasteiger charge is 2.47. The van der Waals surface area contributed by atoms with Gasteiger partial charge in [0.1, 0.15) is 6.61 Å². The second kappa shape index (κ2) is 9.62. The van der Waals surface area contributed by atoms with E-state index in [0.717, 1.165) is 11.1 Å². The van der Waals surface area contributed by atoms with Gasteiger partial charge in [-0.05, 0) is 29.5 Å². The number of ether oxygens (including phenoxy) is 2. The third-order valence-corrected chi connectivity index (χ3v) is 6.33. The van der Waals surface area contributed by atoms with Gasteiger partial charge in [-0.15, -0.1) is 0 Å². The number of benzene rings is 2. The van der Waals surface area contributed by atoms with Gasteiger partial charge in [-0.25, -0.2) is 0 Å². The van der Waals surface area contributed by atoms with Gasteiger partial charge in [-0.3, -0.25) is 9.59 Å². The van der Waals surface area contributed by atoms with Gasteiger partial charge in [0, 0.05) is 33.3 Å². The highest BCUT2D eigenvalue weighted by molar-refractivity contribution is 5.86. The monoisotopic (exact) mass is 422 g/mol. The van der Waals surface area contributed by atoms with Crippen LogP contribution in [0.25, 0.3) is 11.1 Å². The fourth-order valence-electron chi connectivity index (χ4n) is 4.63. The van der Waals surface area contributed by atoms with Crippen LogP contribution in [0.5, 0.6) is 0 Å². The number of carbonyl (C=O) groups excluding carboxylic acids is 2. The summed E-state index contributed by atoms with van der Waals surface area (Å²) in [5, 5.41) is 0. The fraction of sp³-hybridized carbons (Fsp3) is 0.440. The van der Waals surface area contributed by atoms with E-state index in [9.17, 15) is 9.59 Å². The summed E-state index contributed by atoms with van der Waals surface area (Å²) < 4.78 is 10.5. The van der Waals surface area contributed by atoms with Crippen molar-refractivity contribution in [1.29, 1.82) is 0 Å². The Labute approximate surface area is 183 Å². The summed E-state index contributed by atoms with van der Waals surface area (Å²) in [5.41, 5.74) is 2.84. The minimum absolute atomic E-state index is 0.0492. The Bertz CT molecular complexity index is 893. The molecular weight excluding hydrogens is 392 g/mol. The van der Waals surface area contributed by atoms with Crippen molar-refractivity contribution >= 4 is 11.8 Å². The summed E-state index contributed by atoms with van der Waals surface area (Å²) in [7, 11) is 1.52. The van der Waals surface area contributed by atoms with E-state index >= 15 is 0 Å². The lowest BCUT2D eigenvalue weighted by atomic mass is 9.79. The van der Waals surface area contributed by atoms with Gasteiger partial charge in [0.05, 0.1) is 18.6 Å². The zero-order chi connectivity index (χ0) is 21.7. The molecule has 2 aliphatic rings. The molecule has 0 unspecified atom stereocenters. The maximum Gasteiger partial charge on any atom is 0.248 e. The van der Waals surface area contributed by atoms with Gasteiger partial charge in [0.25, 0.3) is 0 Å².